The Morgan fingerprint density at radius 3 is 2.65 bits per heavy atom. The summed E-state index contributed by atoms with van der Waals surface area (Å²) in [7, 11) is 1.64. The molecule has 0 aliphatic carbocycles. The van der Waals surface area contributed by atoms with E-state index in [0.717, 1.165) is 30.0 Å². The zero-order chi connectivity index (χ0) is 16.2. The summed E-state index contributed by atoms with van der Waals surface area (Å²) in [4.78, 5) is 12.4. The van der Waals surface area contributed by atoms with Crippen molar-refractivity contribution in [3.05, 3.63) is 64.7 Å². The van der Waals surface area contributed by atoms with E-state index in [1.165, 1.54) is 11.1 Å². The van der Waals surface area contributed by atoms with Crippen LogP contribution in [0.4, 0.5) is 0 Å². The Morgan fingerprint density at radius 1 is 1.17 bits per heavy atom. The van der Waals surface area contributed by atoms with Crippen molar-refractivity contribution in [2.75, 3.05) is 7.11 Å². The van der Waals surface area contributed by atoms with Crippen LogP contribution in [-0.4, -0.2) is 13.0 Å². The maximum absolute atomic E-state index is 12.4. The number of hydrogen-bond acceptors (Lipinski definition) is 3. The van der Waals surface area contributed by atoms with Crippen molar-refractivity contribution in [3.8, 4) is 5.75 Å². The highest BCUT2D eigenvalue weighted by atomic mass is 16.5. The molecule has 0 aromatic heterocycles. The topological polar surface area (TPSA) is 50.4 Å². The number of nitrogens with one attached hydrogen (secondary N) is 2. The van der Waals surface area contributed by atoms with E-state index >= 15 is 0 Å². The van der Waals surface area contributed by atoms with Crippen molar-refractivity contribution >= 4 is 5.91 Å². The lowest BCUT2D eigenvalue weighted by atomic mass is 10.00. The Morgan fingerprint density at radius 2 is 1.91 bits per heavy atom. The number of carbonyl (C=O) groups is 1. The molecule has 2 aromatic carbocycles. The van der Waals surface area contributed by atoms with Gasteiger partial charge in [0.1, 0.15) is 5.75 Å². The molecular formula is C19H22N2O2. The van der Waals surface area contributed by atoms with Gasteiger partial charge in [0.2, 0.25) is 5.91 Å². The summed E-state index contributed by atoms with van der Waals surface area (Å²) in [5.74, 6) is 0.652. The Balaban J connectivity index is 1.59. The summed E-state index contributed by atoms with van der Waals surface area (Å²) in [6, 6.07) is 14.0. The Bertz CT molecular complexity index is 695. The van der Waals surface area contributed by atoms with E-state index in [2.05, 4.69) is 28.8 Å². The lowest BCUT2D eigenvalue weighted by molar-refractivity contribution is -0.122. The number of methoxy groups -OCH3 is 1. The second-order valence-electron chi connectivity index (χ2n) is 5.92. The van der Waals surface area contributed by atoms with Gasteiger partial charge in [0.25, 0.3) is 0 Å². The molecule has 3 rings (SSSR count). The number of carbonyl (C=O) groups excluding carboxylic acids is 1. The molecule has 1 unspecified atom stereocenters. The molecule has 0 saturated carbocycles. The molecule has 2 N–H and O–H groups in total. The van der Waals surface area contributed by atoms with Crippen molar-refractivity contribution in [2.45, 2.75) is 32.5 Å². The summed E-state index contributed by atoms with van der Waals surface area (Å²) < 4.78 is 5.15. The summed E-state index contributed by atoms with van der Waals surface area (Å²) >= 11 is 0. The molecule has 120 valence electrons. The molecule has 0 fully saturated rings. The van der Waals surface area contributed by atoms with Crippen LogP contribution in [0.3, 0.4) is 0 Å². The van der Waals surface area contributed by atoms with Gasteiger partial charge in [-0.2, -0.15) is 0 Å². The number of rotatable bonds is 5. The number of benzene rings is 2. The van der Waals surface area contributed by atoms with E-state index < -0.39 is 0 Å². The van der Waals surface area contributed by atoms with E-state index in [0.29, 0.717) is 6.54 Å². The fraction of sp³-hybridized carbons (Fsp3) is 0.316. The van der Waals surface area contributed by atoms with Crippen LogP contribution in [0.15, 0.2) is 42.5 Å². The van der Waals surface area contributed by atoms with Crippen LogP contribution in [0.1, 0.15) is 35.1 Å². The van der Waals surface area contributed by atoms with Crippen LogP contribution in [0.2, 0.25) is 0 Å². The van der Waals surface area contributed by atoms with Gasteiger partial charge in [0.05, 0.1) is 13.0 Å². The standard InChI is InChI=1S/C19H22N2O2/c1-13(15-5-7-18(23-2)8-6-15)19(22)21-10-14-3-4-16-11-20-12-17(16)9-14/h3-9,13,20H,10-12H2,1-2H3,(H,21,22). The Labute approximate surface area is 136 Å². The molecular weight excluding hydrogens is 288 g/mol. The lowest BCUT2D eigenvalue weighted by Crippen LogP contribution is -2.27. The van der Waals surface area contributed by atoms with E-state index in [-0.39, 0.29) is 11.8 Å². The van der Waals surface area contributed by atoms with Crippen LogP contribution in [-0.2, 0) is 24.4 Å². The van der Waals surface area contributed by atoms with Crippen LogP contribution in [0.5, 0.6) is 5.75 Å². The molecule has 1 heterocycles. The third-order valence-electron chi connectivity index (χ3n) is 4.38. The Kier molecular flexibility index (Phi) is 4.63. The molecule has 0 radical (unpaired) electrons. The summed E-state index contributed by atoms with van der Waals surface area (Å²) in [6.07, 6.45) is 0. The van der Waals surface area contributed by atoms with Crippen LogP contribution < -0.4 is 15.4 Å². The molecule has 1 atom stereocenters. The highest BCUT2D eigenvalue weighted by Gasteiger charge is 2.15. The van der Waals surface area contributed by atoms with Crippen molar-refractivity contribution in [2.24, 2.45) is 0 Å². The fourth-order valence-electron chi connectivity index (χ4n) is 2.84. The molecule has 0 saturated heterocycles. The van der Waals surface area contributed by atoms with Crippen molar-refractivity contribution in [1.82, 2.24) is 10.6 Å². The molecule has 1 aliphatic rings. The van der Waals surface area contributed by atoms with Gasteiger partial charge in [-0.3, -0.25) is 4.79 Å². The lowest BCUT2D eigenvalue weighted by Gasteiger charge is -2.13. The highest BCUT2D eigenvalue weighted by molar-refractivity contribution is 5.83. The van der Waals surface area contributed by atoms with Crippen LogP contribution >= 0.6 is 0 Å². The van der Waals surface area contributed by atoms with Gasteiger partial charge in [-0.05, 0) is 41.3 Å². The molecule has 4 nitrogen and oxygen atoms in total. The predicted octanol–water partition coefficient (Wildman–Crippen LogP) is 2.72. The molecule has 4 heteroatoms. The van der Waals surface area contributed by atoms with Crippen molar-refractivity contribution < 1.29 is 9.53 Å². The van der Waals surface area contributed by atoms with E-state index in [1.54, 1.807) is 7.11 Å². The molecule has 23 heavy (non-hydrogen) atoms. The minimum Gasteiger partial charge on any atom is -0.497 e. The average Bonchev–Trinajstić information content (AvgIpc) is 3.06. The summed E-state index contributed by atoms with van der Waals surface area (Å²) in [5.41, 5.74) is 4.82. The third-order valence-corrected chi connectivity index (χ3v) is 4.38. The molecule has 2 aromatic rings. The maximum atomic E-state index is 12.4. The number of amides is 1. The van der Waals surface area contributed by atoms with Crippen LogP contribution in [0, 0.1) is 0 Å². The predicted molar refractivity (Wildman–Crippen MR) is 90.2 cm³/mol. The van der Waals surface area contributed by atoms with E-state index in [9.17, 15) is 4.79 Å². The van der Waals surface area contributed by atoms with E-state index in [1.807, 2.05) is 31.2 Å². The zero-order valence-corrected chi connectivity index (χ0v) is 13.6. The first-order valence-electron chi connectivity index (χ1n) is 7.90. The minimum absolute atomic E-state index is 0.0359. The second-order valence-corrected chi connectivity index (χ2v) is 5.92. The van der Waals surface area contributed by atoms with Gasteiger partial charge < -0.3 is 15.4 Å². The van der Waals surface area contributed by atoms with Gasteiger partial charge in [-0.25, -0.2) is 0 Å². The van der Waals surface area contributed by atoms with Gasteiger partial charge in [0, 0.05) is 19.6 Å². The third kappa shape index (κ3) is 3.54. The van der Waals surface area contributed by atoms with Gasteiger partial charge in [0.15, 0.2) is 0 Å². The van der Waals surface area contributed by atoms with Gasteiger partial charge in [-0.1, -0.05) is 30.3 Å². The number of ether oxygens (including phenoxy) is 1. The first-order valence-corrected chi connectivity index (χ1v) is 7.90. The largest absolute Gasteiger partial charge is 0.497 e. The Hall–Kier alpha value is -2.33. The number of hydrogen-bond donors (Lipinski definition) is 2. The monoisotopic (exact) mass is 310 g/mol. The molecule has 1 amide bonds. The van der Waals surface area contributed by atoms with Crippen molar-refractivity contribution in [3.63, 3.8) is 0 Å². The van der Waals surface area contributed by atoms with Gasteiger partial charge >= 0.3 is 0 Å². The van der Waals surface area contributed by atoms with Gasteiger partial charge in [-0.15, -0.1) is 0 Å². The first-order chi connectivity index (χ1) is 11.2. The number of fused-ring (bicyclic) bond motifs is 1. The molecule has 0 spiro atoms. The first kappa shape index (κ1) is 15.6. The fourth-order valence-corrected chi connectivity index (χ4v) is 2.84. The second kappa shape index (κ2) is 6.84. The molecule has 1 aliphatic heterocycles. The SMILES string of the molecule is COc1ccc(C(C)C(=O)NCc2ccc3c(c2)CNC3)cc1. The molecule has 0 bridgehead atoms. The quantitative estimate of drug-likeness (QED) is 0.893. The average molecular weight is 310 g/mol. The summed E-state index contributed by atoms with van der Waals surface area (Å²) in [6.45, 7) is 4.34. The normalized spacial score (nSPS) is 14.2. The highest BCUT2D eigenvalue weighted by Crippen LogP contribution is 2.20. The van der Waals surface area contributed by atoms with Crippen LogP contribution in [0.25, 0.3) is 0 Å². The minimum atomic E-state index is -0.183. The van der Waals surface area contributed by atoms with E-state index in [4.69, 9.17) is 4.74 Å². The maximum Gasteiger partial charge on any atom is 0.227 e. The van der Waals surface area contributed by atoms with Crippen molar-refractivity contribution in [1.29, 1.82) is 0 Å². The smallest absolute Gasteiger partial charge is 0.227 e. The zero-order valence-electron chi connectivity index (χ0n) is 13.6. The summed E-state index contributed by atoms with van der Waals surface area (Å²) in [5, 5.41) is 6.36.